The first-order chi connectivity index (χ1) is 9.13. The van der Waals surface area contributed by atoms with E-state index in [2.05, 4.69) is 4.98 Å². The Morgan fingerprint density at radius 1 is 1.37 bits per heavy atom. The fourth-order valence-electron chi connectivity index (χ4n) is 1.82. The number of hydrogen-bond acceptors (Lipinski definition) is 3. The molecule has 0 bridgehead atoms. The quantitative estimate of drug-likeness (QED) is 0.876. The highest BCUT2D eigenvalue weighted by atomic mass is 35.5. The van der Waals surface area contributed by atoms with E-state index < -0.39 is 0 Å². The third-order valence-corrected chi connectivity index (χ3v) is 2.97. The molecule has 0 saturated carbocycles. The number of nitrogen functional groups attached to an aromatic ring is 1. The van der Waals surface area contributed by atoms with Gasteiger partial charge in [0.1, 0.15) is 5.15 Å². The third-order valence-electron chi connectivity index (χ3n) is 2.76. The van der Waals surface area contributed by atoms with Gasteiger partial charge in [-0.2, -0.15) is 0 Å². The molecule has 1 aromatic heterocycles. The minimum Gasteiger partial charge on any atom is -0.397 e. The molecule has 0 aliphatic rings. The second kappa shape index (κ2) is 5.71. The van der Waals surface area contributed by atoms with Gasteiger partial charge in [-0.05, 0) is 25.1 Å². The molecular weight excluding hydrogens is 262 g/mol. The number of anilines is 2. The van der Waals surface area contributed by atoms with Gasteiger partial charge in [-0.25, -0.2) is 4.98 Å². The summed E-state index contributed by atoms with van der Waals surface area (Å²) in [6, 6.07) is 10.9. The van der Waals surface area contributed by atoms with Crippen molar-refractivity contribution in [2.24, 2.45) is 0 Å². The summed E-state index contributed by atoms with van der Waals surface area (Å²) in [4.78, 5) is 18.0. The smallest absolute Gasteiger partial charge is 0.260 e. The lowest BCUT2D eigenvalue weighted by atomic mass is 10.2. The van der Waals surface area contributed by atoms with E-state index in [1.807, 2.05) is 37.3 Å². The predicted octanol–water partition coefficient (Wildman–Crippen LogP) is 2.98. The standard InChI is InChI=1S/C14H14ClN3O/c1-2-18(10-6-4-3-5-7-10)14(19)11-8-13(15)17-9-12(11)16/h3-9H,2,16H2,1H3. The highest BCUT2D eigenvalue weighted by Crippen LogP contribution is 2.21. The van der Waals surface area contributed by atoms with Crippen LogP contribution in [0.5, 0.6) is 0 Å². The van der Waals surface area contributed by atoms with Crippen molar-refractivity contribution in [3.8, 4) is 0 Å². The van der Waals surface area contributed by atoms with Crippen molar-refractivity contribution < 1.29 is 4.79 Å². The van der Waals surface area contributed by atoms with E-state index in [1.165, 1.54) is 12.3 Å². The topological polar surface area (TPSA) is 59.2 Å². The van der Waals surface area contributed by atoms with Crippen LogP contribution in [-0.2, 0) is 0 Å². The average molecular weight is 276 g/mol. The molecule has 19 heavy (non-hydrogen) atoms. The lowest BCUT2D eigenvalue weighted by molar-refractivity contribution is 0.0989. The molecule has 4 nitrogen and oxygen atoms in total. The zero-order valence-electron chi connectivity index (χ0n) is 10.5. The molecule has 5 heteroatoms. The highest BCUT2D eigenvalue weighted by Gasteiger charge is 2.18. The molecule has 1 amide bonds. The van der Waals surface area contributed by atoms with Gasteiger partial charge in [0.05, 0.1) is 17.4 Å². The normalized spacial score (nSPS) is 10.2. The van der Waals surface area contributed by atoms with Crippen LogP contribution in [0.4, 0.5) is 11.4 Å². The summed E-state index contributed by atoms with van der Waals surface area (Å²) in [5, 5.41) is 0.252. The van der Waals surface area contributed by atoms with Crippen molar-refractivity contribution in [1.82, 2.24) is 4.98 Å². The molecule has 1 aromatic carbocycles. The monoisotopic (exact) mass is 275 g/mol. The number of benzene rings is 1. The second-order valence-electron chi connectivity index (χ2n) is 3.98. The molecule has 0 spiro atoms. The summed E-state index contributed by atoms with van der Waals surface area (Å²) in [7, 11) is 0. The van der Waals surface area contributed by atoms with E-state index in [4.69, 9.17) is 17.3 Å². The van der Waals surface area contributed by atoms with Crippen LogP contribution in [0.1, 0.15) is 17.3 Å². The lowest BCUT2D eigenvalue weighted by Crippen LogP contribution is -2.31. The molecule has 0 radical (unpaired) electrons. The number of aromatic nitrogens is 1. The maximum Gasteiger partial charge on any atom is 0.260 e. The number of carbonyl (C=O) groups is 1. The molecular formula is C14H14ClN3O. The minimum atomic E-state index is -0.185. The summed E-state index contributed by atoms with van der Waals surface area (Å²) in [5.74, 6) is -0.185. The van der Waals surface area contributed by atoms with Crippen LogP contribution in [-0.4, -0.2) is 17.4 Å². The van der Waals surface area contributed by atoms with E-state index in [9.17, 15) is 4.79 Å². The molecule has 2 aromatic rings. The maximum absolute atomic E-state index is 12.5. The lowest BCUT2D eigenvalue weighted by Gasteiger charge is -2.21. The Bertz CT molecular complexity index is 586. The van der Waals surface area contributed by atoms with Crippen molar-refractivity contribution in [2.45, 2.75) is 6.92 Å². The van der Waals surface area contributed by atoms with Crippen LogP contribution in [0.15, 0.2) is 42.6 Å². The van der Waals surface area contributed by atoms with Crippen LogP contribution in [0, 0.1) is 0 Å². The first-order valence-electron chi connectivity index (χ1n) is 5.91. The van der Waals surface area contributed by atoms with Gasteiger partial charge in [0.15, 0.2) is 0 Å². The first-order valence-corrected chi connectivity index (χ1v) is 6.29. The Labute approximate surface area is 116 Å². The van der Waals surface area contributed by atoms with Crippen molar-refractivity contribution in [3.05, 3.63) is 53.3 Å². The Balaban J connectivity index is 2.39. The molecule has 2 rings (SSSR count). The largest absolute Gasteiger partial charge is 0.397 e. The second-order valence-corrected chi connectivity index (χ2v) is 4.37. The van der Waals surface area contributed by atoms with Gasteiger partial charge in [0.2, 0.25) is 0 Å². The van der Waals surface area contributed by atoms with Crippen molar-refractivity contribution >= 4 is 28.9 Å². The maximum atomic E-state index is 12.5. The Hall–Kier alpha value is -2.07. The fraction of sp³-hybridized carbons (Fsp3) is 0.143. The molecule has 0 unspecified atom stereocenters. The van der Waals surface area contributed by atoms with Gasteiger partial charge < -0.3 is 10.6 Å². The Morgan fingerprint density at radius 3 is 2.68 bits per heavy atom. The Morgan fingerprint density at radius 2 is 2.05 bits per heavy atom. The van der Waals surface area contributed by atoms with Crippen molar-refractivity contribution in [2.75, 3.05) is 17.2 Å². The number of nitrogens with zero attached hydrogens (tertiary/aromatic N) is 2. The number of carbonyl (C=O) groups excluding carboxylic acids is 1. The highest BCUT2D eigenvalue weighted by molar-refractivity contribution is 6.30. The number of amides is 1. The van der Waals surface area contributed by atoms with Gasteiger partial charge in [-0.15, -0.1) is 0 Å². The van der Waals surface area contributed by atoms with Crippen molar-refractivity contribution in [3.63, 3.8) is 0 Å². The molecule has 0 aliphatic carbocycles. The van der Waals surface area contributed by atoms with E-state index in [0.717, 1.165) is 5.69 Å². The third kappa shape index (κ3) is 2.85. The molecule has 98 valence electrons. The van der Waals surface area contributed by atoms with Crippen LogP contribution in [0.3, 0.4) is 0 Å². The van der Waals surface area contributed by atoms with E-state index in [-0.39, 0.29) is 11.1 Å². The summed E-state index contributed by atoms with van der Waals surface area (Å²) < 4.78 is 0. The number of nitrogens with two attached hydrogens (primary N) is 1. The number of pyridine rings is 1. The van der Waals surface area contributed by atoms with Gasteiger partial charge in [-0.3, -0.25) is 4.79 Å². The number of halogens is 1. The number of para-hydroxylation sites is 1. The van der Waals surface area contributed by atoms with Crippen LogP contribution >= 0.6 is 11.6 Å². The van der Waals surface area contributed by atoms with Gasteiger partial charge in [-0.1, -0.05) is 29.8 Å². The minimum absolute atomic E-state index is 0.185. The van der Waals surface area contributed by atoms with Crippen LogP contribution in [0.25, 0.3) is 0 Å². The number of hydrogen-bond donors (Lipinski definition) is 1. The Kier molecular flexibility index (Phi) is 4.02. The van der Waals surface area contributed by atoms with Gasteiger partial charge >= 0.3 is 0 Å². The SMILES string of the molecule is CCN(C(=O)c1cc(Cl)ncc1N)c1ccccc1. The molecule has 0 aliphatic heterocycles. The summed E-state index contributed by atoms with van der Waals surface area (Å²) in [5.41, 5.74) is 7.30. The van der Waals surface area contributed by atoms with E-state index in [1.54, 1.807) is 4.90 Å². The first kappa shape index (κ1) is 13.4. The van der Waals surface area contributed by atoms with E-state index >= 15 is 0 Å². The van der Waals surface area contributed by atoms with Crippen LogP contribution in [0.2, 0.25) is 5.15 Å². The fourth-order valence-corrected chi connectivity index (χ4v) is 1.98. The molecule has 0 fully saturated rings. The summed E-state index contributed by atoms with van der Waals surface area (Å²) >= 11 is 5.82. The number of rotatable bonds is 3. The molecule has 2 N–H and O–H groups in total. The van der Waals surface area contributed by atoms with Crippen molar-refractivity contribution in [1.29, 1.82) is 0 Å². The predicted molar refractivity (Wildman–Crippen MR) is 77.5 cm³/mol. The zero-order chi connectivity index (χ0) is 13.8. The zero-order valence-corrected chi connectivity index (χ0v) is 11.3. The summed E-state index contributed by atoms with van der Waals surface area (Å²) in [6.45, 7) is 2.45. The van der Waals surface area contributed by atoms with Crippen LogP contribution < -0.4 is 10.6 Å². The molecule has 0 atom stereocenters. The van der Waals surface area contributed by atoms with Gasteiger partial charge in [0.25, 0.3) is 5.91 Å². The summed E-state index contributed by atoms with van der Waals surface area (Å²) in [6.07, 6.45) is 1.40. The van der Waals surface area contributed by atoms with Gasteiger partial charge in [0, 0.05) is 12.2 Å². The average Bonchev–Trinajstić information content (AvgIpc) is 2.43. The molecule has 0 saturated heterocycles. The molecule has 1 heterocycles. The van der Waals surface area contributed by atoms with E-state index in [0.29, 0.717) is 17.8 Å².